The number of hydrogen-bond donors (Lipinski definition) is 0. The number of hydrogen-bond acceptors (Lipinski definition) is 4. The third-order valence-corrected chi connectivity index (χ3v) is 2.73. The molecule has 4 heteroatoms. The Bertz CT molecular complexity index is 266. The molecule has 2 rings (SSSR count). The monoisotopic (exact) mass is 212 g/mol. The van der Waals surface area contributed by atoms with Gasteiger partial charge in [0.05, 0.1) is 13.2 Å². The van der Waals surface area contributed by atoms with E-state index in [1.54, 1.807) is 0 Å². The van der Waals surface area contributed by atoms with Gasteiger partial charge in [0.15, 0.2) is 6.10 Å². The fraction of sp³-hybridized carbons (Fsp3) is 0.727. The fourth-order valence-corrected chi connectivity index (χ4v) is 2.03. The first-order valence-electron chi connectivity index (χ1n) is 5.35. The first-order valence-corrected chi connectivity index (χ1v) is 5.35. The van der Waals surface area contributed by atoms with Crippen molar-refractivity contribution in [2.24, 2.45) is 0 Å². The van der Waals surface area contributed by atoms with Gasteiger partial charge in [-0.2, -0.15) is 0 Å². The van der Waals surface area contributed by atoms with E-state index in [-0.39, 0.29) is 5.97 Å². The van der Waals surface area contributed by atoms with Crippen molar-refractivity contribution >= 4 is 5.97 Å². The number of esters is 1. The van der Waals surface area contributed by atoms with Gasteiger partial charge in [-0.3, -0.25) is 4.79 Å². The van der Waals surface area contributed by atoms with Crippen molar-refractivity contribution in [1.29, 1.82) is 0 Å². The van der Waals surface area contributed by atoms with E-state index in [0.717, 1.165) is 19.3 Å². The lowest BCUT2D eigenvalue weighted by Gasteiger charge is -2.42. The van der Waals surface area contributed by atoms with Crippen molar-refractivity contribution < 1.29 is 19.0 Å². The Kier molecular flexibility index (Phi) is 3.07. The molecule has 0 aromatic carbocycles. The summed E-state index contributed by atoms with van der Waals surface area (Å²) in [6, 6.07) is 0. The third kappa shape index (κ3) is 2.21. The Labute approximate surface area is 89.2 Å². The average molecular weight is 212 g/mol. The van der Waals surface area contributed by atoms with Gasteiger partial charge in [0.25, 0.3) is 0 Å². The second-order valence-electron chi connectivity index (χ2n) is 3.89. The molecule has 0 aromatic rings. The molecular formula is C11H16O4. The van der Waals surface area contributed by atoms with Crippen LogP contribution in [0.2, 0.25) is 0 Å². The molecular weight excluding hydrogens is 196 g/mol. The molecule has 0 N–H and O–H groups in total. The van der Waals surface area contributed by atoms with E-state index in [1.165, 1.54) is 6.92 Å². The van der Waals surface area contributed by atoms with Gasteiger partial charge < -0.3 is 14.2 Å². The second kappa shape index (κ2) is 4.33. The fourth-order valence-electron chi connectivity index (χ4n) is 2.03. The molecule has 15 heavy (non-hydrogen) atoms. The zero-order valence-corrected chi connectivity index (χ0v) is 8.90. The largest absolute Gasteiger partial charge is 0.453 e. The molecule has 2 aliphatic heterocycles. The highest BCUT2D eigenvalue weighted by molar-refractivity contribution is 5.66. The van der Waals surface area contributed by atoms with Crippen molar-refractivity contribution in [3.05, 3.63) is 12.2 Å². The molecule has 2 heterocycles. The maximum atomic E-state index is 11.0. The van der Waals surface area contributed by atoms with Crippen molar-refractivity contribution in [1.82, 2.24) is 0 Å². The van der Waals surface area contributed by atoms with E-state index in [2.05, 4.69) is 0 Å². The van der Waals surface area contributed by atoms with Gasteiger partial charge in [-0.1, -0.05) is 6.08 Å². The molecule has 84 valence electrons. The molecule has 0 aromatic heterocycles. The Balaban J connectivity index is 2.12. The van der Waals surface area contributed by atoms with E-state index < -0.39 is 11.9 Å². The lowest BCUT2D eigenvalue weighted by Crippen LogP contribution is -2.52. The van der Waals surface area contributed by atoms with Gasteiger partial charge >= 0.3 is 5.97 Å². The molecule has 1 unspecified atom stereocenters. The highest BCUT2D eigenvalue weighted by Gasteiger charge is 2.44. The predicted octanol–water partition coefficient (Wildman–Crippen LogP) is 1.40. The van der Waals surface area contributed by atoms with Crippen molar-refractivity contribution in [3.63, 3.8) is 0 Å². The van der Waals surface area contributed by atoms with Crippen LogP contribution >= 0.6 is 0 Å². The van der Waals surface area contributed by atoms with Gasteiger partial charge in [0.1, 0.15) is 0 Å². The average Bonchev–Trinajstić information content (AvgIpc) is 2.23. The van der Waals surface area contributed by atoms with Crippen LogP contribution in [0.4, 0.5) is 0 Å². The first kappa shape index (κ1) is 10.6. The minimum atomic E-state index is -0.724. The summed E-state index contributed by atoms with van der Waals surface area (Å²) in [7, 11) is 0. The standard InChI is InChI=1S/C11H16O4/c1-9(12)15-10-5-4-8-14-11(10)6-2-3-7-13-11/h4-5,10H,2-3,6-8H2,1H3/t10-,11?/m1/s1. The molecule has 1 fully saturated rings. The maximum Gasteiger partial charge on any atom is 0.303 e. The van der Waals surface area contributed by atoms with Gasteiger partial charge in [-0.05, 0) is 18.9 Å². The van der Waals surface area contributed by atoms with Crippen LogP contribution in [-0.4, -0.2) is 31.1 Å². The number of ether oxygens (including phenoxy) is 3. The summed E-state index contributed by atoms with van der Waals surface area (Å²) in [5.41, 5.74) is 0. The number of carbonyl (C=O) groups is 1. The van der Waals surface area contributed by atoms with Crippen LogP contribution in [0, 0.1) is 0 Å². The lowest BCUT2D eigenvalue weighted by atomic mass is 9.97. The molecule has 2 aliphatic rings. The minimum absolute atomic E-state index is 0.302. The summed E-state index contributed by atoms with van der Waals surface area (Å²) in [6.07, 6.45) is 6.19. The van der Waals surface area contributed by atoms with Crippen LogP contribution in [0.25, 0.3) is 0 Å². The van der Waals surface area contributed by atoms with E-state index >= 15 is 0 Å². The van der Waals surface area contributed by atoms with E-state index in [0.29, 0.717) is 13.2 Å². The summed E-state index contributed by atoms with van der Waals surface area (Å²) in [6.45, 7) is 2.60. The van der Waals surface area contributed by atoms with Gasteiger partial charge in [0, 0.05) is 13.3 Å². The van der Waals surface area contributed by atoms with Gasteiger partial charge in [-0.25, -0.2) is 0 Å². The number of rotatable bonds is 1. The van der Waals surface area contributed by atoms with Crippen LogP contribution < -0.4 is 0 Å². The van der Waals surface area contributed by atoms with Crippen molar-refractivity contribution in [2.75, 3.05) is 13.2 Å². The quantitative estimate of drug-likeness (QED) is 0.487. The van der Waals surface area contributed by atoms with E-state index in [9.17, 15) is 4.79 Å². The third-order valence-electron chi connectivity index (χ3n) is 2.73. The predicted molar refractivity (Wildman–Crippen MR) is 53.2 cm³/mol. The Morgan fingerprint density at radius 2 is 2.33 bits per heavy atom. The summed E-state index contributed by atoms with van der Waals surface area (Å²) in [5.74, 6) is -1.03. The summed E-state index contributed by atoms with van der Waals surface area (Å²) < 4.78 is 16.5. The topological polar surface area (TPSA) is 44.8 Å². The molecule has 2 atom stereocenters. The first-order chi connectivity index (χ1) is 7.23. The van der Waals surface area contributed by atoms with Gasteiger partial charge in [-0.15, -0.1) is 0 Å². The Hall–Kier alpha value is -0.870. The molecule has 0 bridgehead atoms. The van der Waals surface area contributed by atoms with E-state index in [4.69, 9.17) is 14.2 Å². The summed E-state index contributed by atoms with van der Waals surface area (Å²) >= 11 is 0. The van der Waals surface area contributed by atoms with Crippen LogP contribution in [0.5, 0.6) is 0 Å². The number of carbonyl (C=O) groups excluding carboxylic acids is 1. The Morgan fingerprint density at radius 3 is 3.00 bits per heavy atom. The SMILES string of the molecule is CC(=O)O[C@@H]1C=CCOC12CCCCO2. The zero-order valence-electron chi connectivity index (χ0n) is 8.90. The molecule has 1 saturated heterocycles. The van der Waals surface area contributed by atoms with Crippen LogP contribution in [0.3, 0.4) is 0 Å². The molecule has 0 saturated carbocycles. The molecule has 0 amide bonds. The zero-order chi connectivity index (χ0) is 10.7. The van der Waals surface area contributed by atoms with Crippen LogP contribution in [-0.2, 0) is 19.0 Å². The molecule has 1 spiro atoms. The van der Waals surface area contributed by atoms with E-state index in [1.807, 2.05) is 12.2 Å². The van der Waals surface area contributed by atoms with Gasteiger partial charge in [0.2, 0.25) is 5.79 Å². The Morgan fingerprint density at radius 1 is 1.47 bits per heavy atom. The normalized spacial score (nSPS) is 35.4. The summed E-state index contributed by atoms with van der Waals surface area (Å²) in [4.78, 5) is 11.0. The van der Waals surface area contributed by atoms with Crippen molar-refractivity contribution in [3.8, 4) is 0 Å². The summed E-state index contributed by atoms with van der Waals surface area (Å²) in [5, 5.41) is 0. The second-order valence-corrected chi connectivity index (χ2v) is 3.89. The molecule has 0 aliphatic carbocycles. The van der Waals surface area contributed by atoms with Crippen molar-refractivity contribution in [2.45, 2.75) is 38.1 Å². The van der Waals surface area contributed by atoms with Crippen LogP contribution in [0.15, 0.2) is 12.2 Å². The molecule has 0 radical (unpaired) electrons. The highest BCUT2D eigenvalue weighted by Crippen LogP contribution is 2.34. The minimum Gasteiger partial charge on any atom is -0.453 e. The smallest absolute Gasteiger partial charge is 0.303 e. The molecule has 4 nitrogen and oxygen atoms in total. The lowest BCUT2D eigenvalue weighted by molar-refractivity contribution is -0.292. The maximum absolute atomic E-state index is 11.0. The van der Waals surface area contributed by atoms with Crippen LogP contribution in [0.1, 0.15) is 26.2 Å². The highest BCUT2D eigenvalue weighted by atomic mass is 16.7.